The van der Waals surface area contributed by atoms with Crippen molar-refractivity contribution in [3.63, 3.8) is 0 Å². The van der Waals surface area contributed by atoms with E-state index in [4.69, 9.17) is 10.5 Å². The molecule has 5 rings (SSSR count). The Kier molecular flexibility index (Phi) is 7.54. The molecule has 0 aromatic heterocycles. The molecule has 5 fully saturated rings. The number of carbonyl (C=O) groups excluding carboxylic acids is 2. The maximum Gasteiger partial charge on any atom is 0.229 e. The van der Waals surface area contributed by atoms with Gasteiger partial charge >= 0.3 is 0 Å². The summed E-state index contributed by atoms with van der Waals surface area (Å²) in [4.78, 5) is 30.0. The average Bonchev–Trinajstić information content (AvgIpc) is 3.13. The third-order valence-electron chi connectivity index (χ3n) is 8.23. The Morgan fingerprint density at radius 2 is 1.83 bits per heavy atom. The molecule has 2 amide bonds. The number of nitrogens with two attached hydrogens (primary N) is 1. The Labute approximate surface area is 204 Å². The summed E-state index contributed by atoms with van der Waals surface area (Å²) in [6.45, 7) is 3.49. The molecule has 35 heavy (non-hydrogen) atoms. The second kappa shape index (κ2) is 10.5. The predicted molar refractivity (Wildman–Crippen MR) is 123 cm³/mol. The van der Waals surface area contributed by atoms with Crippen LogP contribution in [0.3, 0.4) is 0 Å². The van der Waals surface area contributed by atoms with Crippen LogP contribution in [-0.2, 0) is 14.3 Å². The minimum Gasteiger partial charge on any atom is -0.378 e. The number of halogens is 2. The number of carbonyl (C=O) groups is 2. The first-order valence-electron chi connectivity index (χ1n) is 12.7. The molecule has 7 atom stereocenters. The number of nitrogens with zero attached hydrogens (tertiary/aromatic N) is 3. The molecule has 5 saturated heterocycles. The summed E-state index contributed by atoms with van der Waals surface area (Å²) < 4.78 is 34.2. The zero-order chi connectivity index (χ0) is 24.7. The number of fused-ring (bicyclic) bond motifs is 1. The van der Waals surface area contributed by atoms with Gasteiger partial charge in [-0.05, 0) is 25.9 Å². The van der Waals surface area contributed by atoms with Gasteiger partial charge in [-0.25, -0.2) is 19.2 Å². The van der Waals surface area contributed by atoms with Crippen LogP contribution in [0.2, 0.25) is 0 Å². The predicted octanol–water partition coefficient (Wildman–Crippen LogP) is -2.66. The fourth-order valence-electron chi connectivity index (χ4n) is 6.22. The molecular weight excluding hydrogens is 462 g/mol. The van der Waals surface area contributed by atoms with Crippen molar-refractivity contribution < 1.29 is 23.1 Å². The van der Waals surface area contributed by atoms with Gasteiger partial charge in [0.05, 0.1) is 36.4 Å². The van der Waals surface area contributed by atoms with Crippen LogP contribution in [0.1, 0.15) is 12.8 Å². The zero-order valence-corrected chi connectivity index (χ0v) is 20.2. The third-order valence-corrected chi connectivity index (χ3v) is 8.23. The van der Waals surface area contributed by atoms with Crippen LogP contribution in [0.5, 0.6) is 0 Å². The van der Waals surface area contributed by atoms with Gasteiger partial charge in [0, 0.05) is 52.3 Å². The summed E-state index contributed by atoms with van der Waals surface area (Å²) in [6, 6.07) is -0.913. The minimum atomic E-state index is -1.15. The van der Waals surface area contributed by atoms with E-state index in [1.54, 1.807) is 12.1 Å². The fourth-order valence-corrected chi connectivity index (χ4v) is 6.22. The summed E-state index contributed by atoms with van der Waals surface area (Å²) in [5.74, 6) is -0.794. The van der Waals surface area contributed by atoms with Crippen LogP contribution >= 0.6 is 0 Å². The first-order valence-corrected chi connectivity index (χ1v) is 12.7. The van der Waals surface area contributed by atoms with E-state index in [0.717, 1.165) is 0 Å². The van der Waals surface area contributed by atoms with Crippen LogP contribution in [0.4, 0.5) is 8.78 Å². The van der Waals surface area contributed by atoms with Gasteiger partial charge in [0.1, 0.15) is 12.3 Å². The van der Waals surface area contributed by atoms with Crippen molar-refractivity contribution in [2.75, 3.05) is 59.5 Å². The lowest BCUT2D eigenvalue weighted by atomic mass is 9.89. The Morgan fingerprint density at radius 3 is 2.54 bits per heavy atom. The van der Waals surface area contributed by atoms with E-state index in [2.05, 4.69) is 26.3 Å². The molecular formula is C22H38F2N8O3. The van der Waals surface area contributed by atoms with Crippen molar-refractivity contribution in [3.8, 4) is 0 Å². The number of hydrazine groups is 1. The van der Waals surface area contributed by atoms with Crippen LogP contribution in [0.25, 0.3) is 0 Å². The first-order chi connectivity index (χ1) is 16.9. The van der Waals surface area contributed by atoms with Gasteiger partial charge in [-0.3, -0.25) is 19.8 Å². The quantitative estimate of drug-likeness (QED) is 0.275. The molecule has 5 heterocycles. The monoisotopic (exact) mass is 500 g/mol. The topological polar surface area (TPSA) is 127 Å². The van der Waals surface area contributed by atoms with Crippen molar-refractivity contribution in [2.24, 2.45) is 17.6 Å². The molecule has 0 bridgehead atoms. The Balaban J connectivity index is 1.18. The summed E-state index contributed by atoms with van der Waals surface area (Å²) >= 11 is 0. The van der Waals surface area contributed by atoms with Crippen LogP contribution in [0.15, 0.2) is 0 Å². The van der Waals surface area contributed by atoms with E-state index >= 15 is 4.39 Å². The first kappa shape index (κ1) is 25.2. The molecule has 5 aliphatic heterocycles. The van der Waals surface area contributed by atoms with E-state index in [-0.39, 0.29) is 43.5 Å². The van der Waals surface area contributed by atoms with Gasteiger partial charge in [-0.1, -0.05) is 0 Å². The molecule has 0 saturated carbocycles. The highest BCUT2D eigenvalue weighted by molar-refractivity contribution is 5.81. The molecule has 0 aromatic carbocycles. The fraction of sp³-hybridized carbons (Fsp3) is 0.909. The van der Waals surface area contributed by atoms with Crippen LogP contribution in [0, 0.1) is 11.8 Å². The molecule has 0 radical (unpaired) electrons. The van der Waals surface area contributed by atoms with E-state index in [1.807, 2.05) is 4.90 Å². The molecule has 0 aliphatic carbocycles. The lowest BCUT2D eigenvalue weighted by Crippen LogP contribution is -2.67. The highest BCUT2D eigenvalue weighted by Gasteiger charge is 2.49. The largest absolute Gasteiger partial charge is 0.378 e. The SMILES string of the molecule is COC1CN(C(=O)C2CCN(C3C(F)CNCC3NC(=O)C3C(N)NN4CC(F)CNC34)CC2)C1. The Bertz CT molecular complexity index is 782. The molecule has 198 valence electrons. The summed E-state index contributed by atoms with van der Waals surface area (Å²) in [7, 11) is 1.66. The number of rotatable bonds is 5. The molecule has 0 aromatic rings. The summed E-state index contributed by atoms with van der Waals surface area (Å²) in [5, 5.41) is 10.8. The number of piperidine rings is 2. The van der Waals surface area contributed by atoms with E-state index < -0.39 is 42.7 Å². The average molecular weight is 501 g/mol. The van der Waals surface area contributed by atoms with Gasteiger partial charge in [0.2, 0.25) is 11.8 Å². The van der Waals surface area contributed by atoms with Gasteiger partial charge in [-0.15, -0.1) is 0 Å². The third kappa shape index (κ3) is 5.04. The van der Waals surface area contributed by atoms with Crippen LogP contribution < -0.4 is 27.1 Å². The maximum absolute atomic E-state index is 15.2. The second-order valence-electron chi connectivity index (χ2n) is 10.5. The Hall–Kier alpha value is -1.48. The highest BCUT2D eigenvalue weighted by atomic mass is 19.1. The maximum atomic E-state index is 15.2. The van der Waals surface area contributed by atoms with Crippen molar-refractivity contribution in [3.05, 3.63) is 0 Å². The molecule has 11 nitrogen and oxygen atoms in total. The lowest BCUT2D eigenvalue weighted by Gasteiger charge is -2.46. The van der Waals surface area contributed by atoms with Gasteiger partial charge in [0.15, 0.2) is 0 Å². The zero-order valence-electron chi connectivity index (χ0n) is 20.2. The molecule has 0 spiro atoms. The number of amides is 2. The number of methoxy groups -OCH3 is 1. The van der Waals surface area contributed by atoms with Gasteiger partial charge in [0.25, 0.3) is 0 Å². The molecule has 5 aliphatic rings. The lowest BCUT2D eigenvalue weighted by molar-refractivity contribution is -0.149. The van der Waals surface area contributed by atoms with Crippen molar-refractivity contribution in [1.29, 1.82) is 0 Å². The van der Waals surface area contributed by atoms with E-state index in [0.29, 0.717) is 45.6 Å². The van der Waals surface area contributed by atoms with Crippen LogP contribution in [-0.4, -0.2) is 129 Å². The number of hydrogen-bond acceptors (Lipinski definition) is 9. The summed E-state index contributed by atoms with van der Waals surface area (Å²) in [6.07, 6.45) is -1.78. The standard InChI is InChI=1S/C22H38F2N8O3/c1-35-14-10-31(11-14)22(34)12-2-4-30(5-3-12)18-15(24)7-26-8-16(18)28-21(33)17-19(25)29-32-9-13(23)6-27-20(17)32/h12-20,26-27,29H,2-11,25H2,1H3,(H,28,33). The minimum absolute atomic E-state index is 0.0536. The smallest absolute Gasteiger partial charge is 0.229 e. The number of hydrogen-bond donors (Lipinski definition) is 5. The number of nitrogens with one attached hydrogen (secondary N) is 4. The van der Waals surface area contributed by atoms with E-state index in [9.17, 15) is 14.0 Å². The van der Waals surface area contributed by atoms with Crippen molar-refractivity contribution >= 4 is 11.8 Å². The van der Waals surface area contributed by atoms with Crippen molar-refractivity contribution in [2.45, 2.75) is 55.7 Å². The highest BCUT2D eigenvalue weighted by Crippen LogP contribution is 2.28. The van der Waals surface area contributed by atoms with Crippen molar-refractivity contribution in [1.82, 2.24) is 36.2 Å². The number of likely N-dealkylation sites (tertiary alicyclic amines) is 2. The molecule has 13 heteroatoms. The van der Waals surface area contributed by atoms with Gasteiger partial charge in [-0.2, -0.15) is 0 Å². The normalized spacial score (nSPS) is 39.8. The Morgan fingerprint density at radius 1 is 1.09 bits per heavy atom. The molecule has 6 N–H and O–H groups in total. The summed E-state index contributed by atoms with van der Waals surface area (Å²) in [5.41, 5.74) is 9.16. The van der Waals surface area contributed by atoms with E-state index in [1.165, 1.54) is 0 Å². The number of alkyl halides is 2. The molecule has 7 unspecified atom stereocenters. The number of ether oxygens (including phenoxy) is 1. The second-order valence-corrected chi connectivity index (χ2v) is 10.5. The van der Waals surface area contributed by atoms with Gasteiger partial charge < -0.3 is 26.0 Å².